The number of carbonyl (C=O) groups is 1. The van der Waals surface area contributed by atoms with Crippen LogP contribution in [0.3, 0.4) is 0 Å². The third-order valence-electron chi connectivity index (χ3n) is 1.89. The minimum atomic E-state index is 0.0662. The molecule has 0 saturated heterocycles. The highest BCUT2D eigenvalue weighted by atomic mass is 32.1. The van der Waals surface area contributed by atoms with E-state index in [2.05, 4.69) is 24.0 Å². The van der Waals surface area contributed by atoms with Gasteiger partial charge in [0.2, 0.25) is 11.0 Å². The van der Waals surface area contributed by atoms with E-state index in [4.69, 9.17) is 0 Å². The van der Waals surface area contributed by atoms with Crippen LogP contribution < -0.4 is 4.90 Å². The molecule has 0 bridgehead atoms. The second-order valence-electron chi connectivity index (χ2n) is 3.38. The Bertz CT molecular complexity index is 322. The van der Waals surface area contributed by atoms with E-state index >= 15 is 0 Å². The molecule has 5 heteroatoms. The van der Waals surface area contributed by atoms with Gasteiger partial charge in [-0.3, -0.25) is 9.69 Å². The van der Waals surface area contributed by atoms with Crippen molar-refractivity contribution in [1.29, 1.82) is 0 Å². The second-order valence-corrected chi connectivity index (χ2v) is 4.37. The molecule has 1 heterocycles. The van der Waals surface area contributed by atoms with Crippen LogP contribution in [-0.4, -0.2) is 23.2 Å². The zero-order valence-electron chi connectivity index (χ0n) is 8.94. The highest BCUT2D eigenvalue weighted by Crippen LogP contribution is 2.24. The number of hydrogen-bond donors (Lipinski definition) is 0. The molecule has 0 aliphatic rings. The summed E-state index contributed by atoms with van der Waals surface area (Å²) in [6, 6.07) is 0. The highest BCUT2D eigenvalue weighted by molar-refractivity contribution is 7.15. The van der Waals surface area contributed by atoms with Crippen molar-refractivity contribution in [2.45, 2.75) is 33.1 Å². The van der Waals surface area contributed by atoms with Crippen LogP contribution in [0.5, 0.6) is 0 Å². The quantitative estimate of drug-likeness (QED) is 0.771. The summed E-state index contributed by atoms with van der Waals surface area (Å²) in [4.78, 5) is 12.9. The smallest absolute Gasteiger partial charge is 0.228 e. The topological polar surface area (TPSA) is 46.1 Å². The van der Waals surface area contributed by atoms with Crippen LogP contribution in [0, 0.1) is 0 Å². The lowest BCUT2D eigenvalue weighted by Gasteiger charge is -2.10. The normalized spacial score (nSPS) is 10.6. The summed E-state index contributed by atoms with van der Waals surface area (Å²) in [7, 11) is 1.73. The molecule has 0 spiro atoms. The van der Waals surface area contributed by atoms with E-state index in [0.29, 0.717) is 17.5 Å². The molecule has 0 radical (unpaired) electrons. The molecule has 1 aromatic heterocycles. The van der Waals surface area contributed by atoms with Crippen LogP contribution in [0.15, 0.2) is 0 Å². The van der Waals surface area contributed by atoms with Gasteiger partial charge in [-0.15, -0.1) is 10.2 Å². The minimum Gasteiger partial charge on any atom is -0.290 e. The molecule has 0 N–H and O–H groups in total. The lowest BCUT2D eigenvalue weighted by atomic mass is 10.2. The van der Waals surface area contributed by atoms with Gasteiger partial charge in [0.05, 0.1) is 0 Å². The van der Waals surface area contributed by atoms with E-state index in [1.54, 1.807) is 11.9 Å². The van der Waals surface area contributed by atoms with Crippen molar-refractivity contribution in [3.05, 3.63) is 5.01 Å². The van der Waals surface area contributed by atoms with Crippen molar-refractivity contribution in [2.75, 3.05) is 11.9 Å². The molecule has 0 aliphatic carbocycles. The summed E-state index contributed by atoms with van der Waals surface area (Å²) in [5.74, 6) is 0.433. The van der Waals surface area contributed by atoms with E-state index in [9.17, 15) is 4.79 Å². The molecule has 0 unspecified atom stereocenters. The van der Waals surface area contributed by atoms with E-state index < -0.39 is 0 Å². The zero-order valence-corrected chi connectivity index (χ0v) is 9.76. The molecule has 1 rings (SSSR count). The van der Waals surface area contributed by atoms with Crippen LogP contribution in [0.1, 0.15) is 38.1 Å². The zero-order chi connectivity index (χ0) is 10.7. The van der Waals surface area contributed by atoms with Gasteiger partial charge in [-0.1, -0.05) is 32.1 Å². The maximum Gasteiger partial charge on any atom is 0.228 e. The first-order valence-electron chi connectivity index (χ1n) is 4.66. The van der Waals surface area contributed by atoms with Crippen LogP contribution in [0.25, 0.3) is 0 Å². The average Bonchev–Trinajstić information content (AvgIpc) is 2.64. The largest absolute Gasteiger partial charge is 0.290 e. The Hall–Kier alpha value is -0.970. The number of hydrogen-bond acceptors (Lipinski definition) is 4. The molecular weight excluding hydrogens is 198 g/mol. The molecule has 0 saturated carbocycles. The lowest BCUT2D eigenvalue weighted by Crippen LogP contribution is -2.24. The summed E-state index contributed by atoms with van der Waals surface area (Å²) >= 11 is 1.48. The van der Waals surface area contributed by atoms with Crippen molar-refractivity contribution in [3.63, 3.8) is 0 Å². The van der Waals surface area contributed by atoms with Crippen LogP contribution in [0.2, 0.25) is 0 Å². The second kappa shape index (κ2) is 4.50. The van der Waals surface area contributed by atoms with Crippen molar-refractivity contribution in [3.8, 4) is 0 Å². The summed E-state index contributed by atoms with van der Waals surface area (Å²) in [5.41, 5.74) is 0. The summed E-state index contributed by atoms with van der Waals surface area (Å²) < 4.78 is 0. The Morgan fingerprint density at radius 3 is 2.57 bits per heavy atom. The number of anilines is 1. The number of aromatic nitrogens is 2. The first-order valence-corrected chi connectivity index (χ1v) is 5.47. The minimum absolute atomic E-state index is 0.0662. The lowest BCUT2D eigenvalue weighted by molar-refractivity contribution is -0.118. The Morgan fingerprint density at radius 2 is 2.14 bits per heavy atom. The monoisotopic (exact) mass is 213 g/mol. The average molecular weight is 213 g/mol. The maximum atomic E-state index is 11.4. The first-order chi connectivity index (χ1) is 6.56. The predicted molar refractivity (Wildman–Crippen MR) is 57.7 cm³/mol. The van der Waals surface area contributed by atoms with Gasteiger partial charge < -0.3 is 0 Å². The third kappa shape index (κ3) is 2.29. The van der Waals surface area contributed by atoms with Crippen LogP contribution in [-0.2, 0) is 4.79 Å². The van der Waals surface area contributed by atoms with Gasteiger partial charge >= 0.3 is 0 Å². The van der Waals surface area contributed by atoms with Gasteiger partial charge in [-0.2, -0.15) is 0 Å². The van der Waals surface area contributed by atoms with Crippen molar-refractivity contribution in [2.24, 2.45) is 0 Å². The molecule has 78 valence electrons. The molecule has 0 aromatic carbocycles. The fourth-order valence-corrected chi connectivity index (χ4v) is 1.76. The third-order valence-corrected chi connectivity index (χ3v) is 3.19. The molecule has 4 nitrogen and oxygen atoms in total. The van der Waals surface area contributed by atoms with Gasteiger partial charge in [0.15, 0.2) is 0 Å². The number of carbonyl (C=O) groups excluding carboxylic acids is 1. The van der Waals surface area contributed by atoms with Crippen LogP contribution >= 0.6 is 11.3 Å². The maximum absolute atomic E-state index is 11.4. The van der Waals surface area contributed by atoms with Gasteiger partial charge in [-0.05, 0) is 0 Å². The highest BCUT2D eigenvalue weighted by Gasteiger charge is 2.14. The van der Waals surface area contributed by atoms with Gasteiger partial charge in [0.1, 0.15) is 5.01 Å². The standard InChI is InChI=1S/C9H15N3OS/c1-5-7(13)12(4)9-11-10-8(14-9)6(2)3/h6H,5H2,1-4H3. The SMILES string of the molecule is CCC(=O)N(C)c1nnc(C(C)C)s1. The molecule has 14 heavy (non-hydrogen) atoms. The molecular formula is C9H15N3OS. The summed E-state index contributed by atoms with van der Waals surface area (Å²) in [5, 5.41) is 9.66. The Morgan fingerprint density at radius 1 is 1.50 bits per heavy atom. The number of rotatable bonds is 3. The molecule has 0 fully saturated rings. The van der Waals surface area contributed by atoms with Crippen molar-refractivity contribution < 1.29 is 4.79 Å². The number of nitrogens with zero attached hydrogens (tertiary/aromatic N) is 3. The van der Waals surface area contributed by atoms with Gasteiger partial charge in [0.25, 0.3) is 0 Å². The molecule has 0 atom stereocenters. The molecule has 1 aromatic rings. The fourth-order valence-electron chi connectivity index (χ4n) is 0.939. The van der Waals surface area contributed by atoms with Crippen molar-refractivity contribution >= 4 is 22.4 Å². The first kappa shape index (κ1) is 11.1. The van der Waals surface area contributed by atoms with Crippen molar-refractivity contribution in [1.82, 2.24) is 10.2 Å². The Kier molecular flexibility index (Phi) is 3.57. The molecule has 0 aliphatic heterocycles. The van der Waals surface area contributed by atoms with E-state index in [-0.39, 0.29) is 5.91 Å². The Labute approximate surface area is 88.0 Å². The summed E-state index contributed by atoms with van der Waals surface area (Å²) in [6.07, 6.45) is 0.493. The van der Waals surface area contributed by atoms with Crippen LogP contribution in [0.4, 0.5) is 5.13 Å². The van der Waals surface area contributed by atoms with E-state index in [1.165, 1.54) is 11.3 Å². The molecule has 1 amide bonds. The predicted octanol–water partition coefficient (Wildman–Crippen LogP) is 2.03. The summed E-state index contributed by atoms with van der Waals surface area (Å²) in [6.45, 7) is 5.96. The number of amides is 1. The van der Waals surface area contributed by atoms with E-state index in [0.717, 1.165) is 5.01 Å². The van der Waals surface area contributed by atoms with Gasteiger partial charge in [-0.25, -0.2) is 0 Å². The van der Waals surface area contributed by atoms with E-state index in [1.807, 2.05) is 6.92 Å². The Balaban J connectivity index is 2.81. The fraction of sp³-hybridized carbons (Fsp3) is 0.667. The van der Waals surface area contributed by atoms with Gasteiger partial charge in [0, 0.05) is 19.4 Å².